The van der Waals surface area contributed by atoms with Gasteiger partial charge >= 0.3 is 5.97 Å². The van der Waals surface area contributed by atoms with Crippen molar-refractivity contribution in [3.63, 3.8) is 0 Å². The summed E-state index contributed by atoms with van der Waals surface area (Å²) in [5.41, 5.74) is 1.49. The zero-order chi connectivity index (χ0) is 13.1. The van der Waals surface area contributed by atoms with Gasteiger partial charge in [-0.3, -0.25) is 0 Å². The van der Waals surface area contributed by atoms with Crippen molar-refractivity contribution in [3.8, 4) is 5.69 Å². The fourth-order valence-corrected chi connectivity index (χ4v) is 2.01. The van der Waals surface area contributed by atoms with Crippen molar-refractivity contribution in [2.75, 3.05) is 7.11 Å². The average Bonchev–Trinajstić information content (AvgIpc) is 2.87. The van der Waals surface area contributed by atoms with Crippen molar-refractivity contribution in [2.24, 2.45) is 0 Å². The fourth-order valence-electron chi connectivity index (χ4n) is 1.40. The minimum atomic E-state index is -0.586. The van der Waals surface area contributed by atoms with E-state index < -0.39 is 5.97 Å². The van der Waals surface area contributed by atoms with Crippen LogP contribution in [0.5, 0.6) is 0 Å². The zero-order valence-electron chi connectivity index (χ0n) is 9.50. The zero-order valence-corrected chi connectivity index (χ0v) is 11.1. The third kappa shape index (κ3) is 2.41. The van der Waals surface area contributed by atoms with E-state index in [0.29, 0.717) is 0 Å². The van der Waals surface area contributed by atoms with Crippen LogP contribution in [0.15, 0.2) is 29.0 Å². The lowest BCUT2D eigenvalue weighted by Crippen LogP contribution is -2.05. The van der Waals surface area contributed by atoms with Crippen LogP contribution >= 0.6 is 15.9 Å². The molecule has 18 heavy (non-hydrogen) atoms. The minimum absolute atomic E-state index is 0.00404. The van der Waals surface area contributed by atoms with Gasteiger partial charge in [0.15, 0.2) is 0 Å². The molecule has 6 nitrogen and oxygen atoms in total. The van der Waals surface area contributed by atoms with E-state index >= 15 is 0 Å². The van der Waals surface area contributed by atoms with Gasteiger partial charge in [0.25, 0.3) is 5.82 Å². The lowest BCUT2D eigenvalue weighted by Gasteiger charge is -2.05. The van der Waals surface area contributed by atoms with Gasteiger partial charge < -0.3 is 9.84 Å². The molecule has 0 spiro atoms. The van der Waals surface area contributed by atoms with Crippen molar-refractivity contribution in [1.29, 1.82) is 0 Å². The molecule has 0 radical (unpaired) electrons. The standard InChI is InChI=1S/C11H10BrN3O3/c1-18-11(17)10-13-6-15(14-10)9-3-2-7(5-16)4-8(9)12/h2-4,6,16H,5H2,1H3. The van der Waals surface area contributed by atoms with E-state index in [-0.39, 0.29) is 12.4 Å². The van der Waals surface area contributed by atoms with Crippen molar-refractivity contribution >= 4 is 21.9 Å². The smallest absolute Gasteiger partial charge is 0.377 e. The fraction of sp³-hybridized carbons (Fsp3) is 0.182. The van der Waals surface area contributed by atoms with Crippen molar-refractivity contribution in [2.45, 2.75) is 6.61 Å². The van der Waals surface area contributed by atoms with Crippen molar-refractivity contribution in [3.05, 3.63) is 40.4 Å². The largest absolute Gasteiger partial charge is 0.463 e. The molecular formula is C11H10BrN3O3. The normalized spacial score (nSPS) is 10.4. The molecule has 0 atom stereocenters. The second kappa shape index (κ2) is 5.28. The van der Waals surface area contributed by atoms with Gasteiger partial charge in [0.1, 0.15) is 6.33 Å². The number of benzene rings is 1. The predicted molar refractivity (Wildman–Crippen MR) is 66.3 cm³/mol. The summed E-state index contributed by atoms with van der Waals surface area (Å²) in [7, 11) is 1.27. The van der Waals surface area contributed by atoms with Crippen molar-refractivity contribution < 1.29 is 14.6 Å². The number of hydrogen-bond acceptors (Lipinski definition) is 5. The van der Waals surface area contributed by atoms with Crippen LogP contribution in [0.3, 0.4) is 0 Å². The van der Waals surface area contributed by atoms with Crippen LogP contribution in [-0.4, -0.2) is 33.0 Å². The number of esters is 1. The number of aromatic nitrogens is 3. The van der Waals surface area contributed by atoms with Gasteiger partial charge in [-0.2, -0.15) is 0 Å². The number of aliphatic hydroxyl groups is 1. The number of hydrogen-bond donors (Lipinski definition) is 1. The monoisotopic (exact) mass is 311 g/mol. The lowest BCUT2D eigenvalue weighted by atomic mass is 10.2. The Balaban J connectivity index is 2.37. The molecule has 1 N–H and O–H groups in total. The molecule has 2 rings (SSSR count). The van der Waals surface area contributed by atoms with Crippen molar-refractivity contribution in [1.82, 2.24) is 14.8 Å². The summed E-state index contributed by atoms with van der Waals surface area (Å²) in [6.45, 7) is -0.0380. The van der Waals surface area contributed by atoms with E-state index in [1.165, 1.54) is 18.1 Å². The molecule has 94 valence electrons. The SMILES string of the molecule is COC(=O)c1ncn(-c2ccc(CO)cc2Br)n1. The summed E-state index contributed by atoms with van der Waals surface area (Å²) in [6.07, 6.45) is 1.42. The summed E-state index contributed by atoms with van der Waals surface area (Å²) < 4.78 is 6.73. The maximum atomic E-state index is 11.2. The number of carbonyl (C=O) groups excluding carboxylic acids is 1. The summed E-state index contributed by atoms with van der Waals surface area (Å²) >= 11 is 3.37. The molecule has 0 fully saturated rings. The first kappa shape index (κ1) is 12.7. The topological polar surface area (TPSA) is 77.2 Å². The summed E-state index contributed by atoms with van der Waals surface area (Å²) in [6, 6.07) is 5.31. The molecule has 0 aliphatic rings. The minimum Gasteiger partial charge on any atom is -0.463 e. The van der Waals surface area contributed by atoms with Crippen LogP contribution in [0.2, 0.25) is 0 Å². The highest BCUT2D eigenvalue weighted by Gasteiger charge is 2.13. The van der Waals surface area contributed by atoms with Crippen LogP contribution in [-0.2, 0) is 11.3 Å². The van der Waals surface area contributed by atoms with E-state index in [2.05, 4.69) is 30.7 Å². The van der Waals surface area contributed by atoms with E-state index in [4.69, 9.17) is 5.11 Å². The van der Waals surface area contributed by atoms with Crippen LogP contribution in [0, 0.1) is 0 Å². The second-order valence-electron chi connectivity index (χ2n) is 3.45. The maximum absolute atomic E-state index is 11.2. The molecule has 0 bridgehead atoms. The Hall–Kier alpha value is -1.73. The first-order valence-corrected chi connectivity index (χ1v) is 5.84. The van der Waals surface area contributed by atoms with Crippen LogP contribution in [0.1, 0.15) is 16.2 Å². The quantitative estimate of drug-likeness (QED) is 0.865. The number of methoxy groups -OCH3 is 1. The Kier molecular flexibility index (Phi) is 3.73. The maximum Gasteiger partial charge on any atom is 0.377 e. The highest BCUT2D eigenvalue weighted by molar-refractivity contribution is 9.10. The third-order valence-corrected chi connectivity index (χ3v) is 2.94. The average molecular weight is 312 g/mol. The Bertz CT molecular complexity index is 583. The highest BCUT2D eigenvalue weighted by Crippen LogP contribution is 2.21. The van der Waals surface area contributed by atoms with E-state index in [1.807, 2.05) is 0 Å². The number of aliphatic hydroxyl groups excluding tert-OH is 1. The number of ether oxygens (including phenoxy) is 1. The molecule has 0 saturated heterocycles. The molecule has 7 heteroatoms. The van der Waals surface area contributed by atoms with Crippen LogP contribution < -0.4 is 0 Å². The first-order valence-electron chi connectivity index (χ1n) is 5.05. The lowest BCUT2D eigenvalue weighted by molar-refractivity contribution is 0.0587. The highest BCUT2D eigenvalue weighted by atomic mass is 79.9. The number of rotatable bonds is 3. The molecule has 0 aliphatic carbocycles. The molecule has 0 amide bonds. The molecule has 1 heterocycles. The summed E-state index contributed by atoms with van der Waals surface area (Å²) in [5.74, 6) is -0.590. The van der Waals surface area contributed by atoms with Gasteiger partial charge in [-0.15, -0.1) is 5.10 Å². The molecule has 0 aliphatic heterocycles. The molecule has 2 aromatic rings. The Morgan fingerprint density at radius 3 is 2.94 bits per heavy atom. The van der Waals surface area contributed by atoms with Gasteiger partial charge in [0.2, 0.25) is 0 Å². The van der Waals surface area contributed by atoms with Gasteiger partial charge in [-0.05, 0) is 33.6 Å². The Morgan fingerprint density at radius 2 is 2.33 bits per heavy atom. The molecule has 0 saturated carbocycles. The molecule has 1 aromatic carbocycles. The number of halogens is 1. The molecule has 0 unspecified atom stereocenters. The first-order chi connectivity index (χ1) is 8.65. The third-order valence-electron chi connectivity index (χ3n) is 2.30. The molecule has 1 aromatic heterocycles. The van der Waals surface area contributed by atoms with Gasteiger partial charge in [-0.25, -0.2) is 14.5 Å². The molecular weight excluding hydrogens is 302 g/mol. The van der Waals surface area contributed by atoms with Gasteiger partial charge in [-0.1, -0.05) is 6.07 Å². The van der Waals surface area contributed by atoms with Gasteiger partial charge in [0, 0.05) is 4.47 Å². The predicted octanol–water partition coefficient (Wildman–Crippen LogP) is 1.31. The second-order valence-corrected chi connectivity index (χ2v) is 4.30. The van der Waals surface area contributed by atoms with Crippen LogP contribution in [0.25, 0.3) is 5.69 Å². The van der Waals surface area contributed by atoms with Gasteiger partial charge in [0.05, 0.1) is 19.4 Å². The number of nitrogens with zero attached hydrogens (tertiary/aromatic N) is 3. The van der Waals surface area contributed by atoms with E-state index in [1.54, 1.807) is 18.2 Å². The summed E-state index contributed by atoms with van der Waals surface area (Å²) in [4.78, 5) is 15.1. The van der Waals surface area contributed by atoms with E-state index in [0.717, 1.165) is 15.7 Å². The van der Waals surface area contributed by atoms with Crippen LogP contribution in [0.4, 0.5) is 0 Å². The summed E-state index contributed by atoms with van der Waals surface area (Å²) in [5, 5.41) is 13.0. The number of carbonyl (C=O) groups is 1. The Morgan fingerprint density at radius 1 is 1.56 bits per heavy atom. The van der Waals surface area contributed by atoms with E-state index in [9.17, 15) is 4.79 Å². The Labute approximate surface area is 111 Å².